The molecule has 0 spiro atoms. The van der Waals surface area contributed by atoms with Crippen molar-refractivity contribution in [2.75, 3.05) is 7.11 Å². The van der Waals surface area contributed by atoms with Crippen LogP contribution in [0.4, 0.5) is 0 Å². The molecule has 0 aliphatic heterocycles. The average Bonchev–Trinajstić information content (AvgIpc) is 2.43. The van der Waals surface area contributed by atoms with Gasteiger partial charge in [-0.05, 0) is 55.7 Å². The minimum Gasteiger partial charge on any atom is -0.497 e. The summed E-state index contributed by atoms with van der Waals surface area (Å²) in [6, 6.07) is 9.48. The maximum absolute atomic E-state index is 5.20. The molecule has 2 nitrogen and oxygen atoms in total. The number of methoxy groups -OCH3 is 1. The molecular weight excluding hydrogens is 234 g/mol. The predicted molar refractivity (Wildman–Crippen MR) is 80.5 cm³/mol. The number of hydrogen-bond donors (Lipinski definition) is 1. The summed E-state index contributed by atoms with van der Waals surface area (Å²) in [4.78, 5) is 0. The van der Waals surface area contributed by atoms with Crippen LogP contribution in [0.1, 0.15) is 51.6 Å². The van der Waals surface area contributed by atoms with Gasteiger partial charge in [0.15, 0.2) is 0 Å². The second-order valence-corrected chi connectivity index (χ2v) is 6.13. The summed E-state index contributed by atoms with van der Waals surface area (Å²) in [6.45, 7) is 7.02. The van der Waals surface area contributed by atoms with Crippen molar-refractivity contribution in [1.82, 2.24) is 5.32 Å². The van der Waals surface area contributed by atoms with Crippen molar-refractivity contribution in [2.45, 2.75) is 52.1 Å². The third kappa shape index (κ3) is 3.73. The van der Waals surface area contributed by atoms with E-state index < -0.39 is 0 Å². The molecule has 0 aromatic heterocycles. The Bertz CT molecular complexity index is 387. The van der Waals surface area contributed by atoms with Gasteiger partial charge in [0, 0.05) is 12.1 Å². The Morgan fingerprint density at radius 3 is 2.37 bits per heavy atom. The van der Waals surface area contributed by atoms with Crippen molar-refractivity contribution < 1.29 is 4.74 Å². The van der Waals surface area contributed by atoms with Gasteiger partial charge >= 0.3 is 0 Å². The van der Waals surface area contributed by atoms with E-state index in [0.717, 1.165) is 17.6 Å². The molecule has 1 aromatic rings. The lowest BCUT2D eigenvalue weighted by Gasteiger charge is -2.34. The largest absolute Gasteiger partial charge is 0.497 e. The molecular formula is C17H27NO. The molecule has 106 valence electrons. The van der Waals surface area contributed by atoms with E-state index in [4.69, 9.17) is 4.74 Å². The maximum atomic E-state index is 5.20. The highest BCUT2D eigenvalue weighted by Crippen LogP contribution is 2.30. The lowest BCUT2D eigenvalue weighted by molar-refractivity contribution is 0.217. The van der Waals surface area contributed by atoms with Crippen LogP contribution >= 0.6 is 0 Å². The van der Waals surface area contributed by atoms with Crippen LogP contribution in [0.5, 0.6) is 5.75 Å². The van der Waals surface area contributed by atoms with Gasteiger partial charge < -0.3 is 10.1 Å². The molecule has 0 radical (unpaired) electrons. The van der Waals surface area contributed by atoms with Gasteiger partial charge in [0.2, 0.25) is 0 Å². The highest BCUT2D eigenvalue weighted by atomic mass is 16.5. The SMILES string of the molecule is COc1ccc(C(C)NC2CCC(C)C(C)C2)cc1. The normalized spacial score (nSPS) is 28.9. The summed E-state index contributed by atoms with van der Waals surface area (Å²) in [5.41, 5.74) is 1.34. The third-order valence-electron chi connectivity index (χ3n) is 4.70. The van der Waals surface area contributed by atoms with Gasteiger partial charge in [-0.2, -0.15) is 0 Å². The topological polar surface area (TPSA) is 21.3 Å². The van der Waals surface area contributed by atoms with Gasteiger partial charge in [0.25, 0.3) is 0 Å². The Kier molecular flexibility index (Phi) is 4.87. The maximum Gasteiger partial charge on any atom is 0.118 e. The third-order valence-corrected chi connectivity index (χ3v) is 4.70. The van der Waals surface area contributed by atoms with E-state index in [2.05, 4.69) is 38.2 Å². The van der Waals surface area contributed by atoms with Crippen LogP contribution in [0.2, 0.25) is 0 Å². The lowest BCUT2D eigenvalue weighted by atomic mass is 9.79. The first-order valence-electron chi connectivity index (χ1n) is 7.50. The zero-order valence-electron chi connectivity index (χ0n) is 12.6. The smallest absolute Gasteiger partial charge is 0.118 e. The van der Waals surface area contributed by atoms with E-state index in [1.807, 2.05) is 12.1 Å². The fraction of sp³-hybridized carbons (Fsp3) is 0.647. The molecule has 1 fully saturated rings. The molecule has 2 rings (SSSR count). The van der Waals surface area contributed by atoms with Gasteiger partial charge in [0.1, 0.15) is 5.75 Å². The van der Waals surface area contributed by atoms with Gasteiger partial charge in [-0.1, -0.05) is 26.0 Å². The molecule has 1 N–H and O–H groups in total. The Morgan fingerprint density at radius 2 is 1.79 bits per heavy atom. The number of benzene rings is 1. The van der Waals surface area contributed by atoms with Crippen LogP contribution in [0.15, 0.2) is 24.3 Å². The molecule has 1 aliphatic rings. The van der Waals surface area contributed by atoms with Crippen molar-refractivity contribution >= 4 is 0 Å². The van der Waals surface area contributed by atoms with E-state index in [-0.39, 0.29) is 0 Å². The fourth-order valence-electron chi connectivity index (χ4n) is 3.04. The van der Waals surface area contributed by atoms with Crippen LogP contribution in [0, 0.1) is 11.8 Å². The van der Waals surface area contributed by atoms with Crippen LogP contribution in [-0.2, 0) is 0 Å². The van der Waals surface area contributed by atoms with Gasteiger partial charge in [-0.3, -0.25) is 0 Å². The quantitative estimate of drug-likeness (QED) is 0.878. The number of rotatable bonds is 4. The summed E-state index contributed by atoms with van der Waals surface area (Å²) in [7, 11) is 1.71. The molecule has 4 unspecified atom stereocenters. The van der Waals surface area contributed by atoms with Crippen LogP contribution in [0.25, 0.3) is 0 Å². The van der Waals surface area contributed by atoms with Crippen molar-refractivity contribution in [2.24, 2.45) is 11.8 Å². The Morgan fingerprint density at radius 1 is 1.11 bits per heavy atom. The summed E-state index contributed by atoms with van der Waals surface area (Å²) < 4.78 is 5.20. The molecule has 2 heteroatoms. The van der Waals surface area contributed by atoms with Gasteiger partial charge in [-0.15, -0.1) is 0 Å². The summed E-state index contributed by atoms with van der Waals surface area (Å²) in [5, 5.41) is 3.78. The highest BCUT2D eigenvalue weighted by molar-refractivity contribution is 5.28. The number of hydrogen-bond acceptors (Lipinski definition) is 2. The average molecular weight is 261 g/mol. The second-order valence-electron chi connectivity index (χ2n) is 6.13. The van der Waals surface area contributed by atoms with Crippen molar-refractivity contribution in [3.63, 3.8) is 0 Å². The molecule has 0 bridgehead atoms. The van der Waals surface area contributed by atoms with Gasteiger partial charge in [-0.25, -0.2) is 0 Å². The van der Waals surface area contributed by atoms with Crippen LogP contribution < -0.4 is 10.1 Å². The molecule has 19 heavy (non-hydrogen) atoms. The first-order valence-corrected chi connectivity index (χ1v) is 7.50. The molecule has 0 heterocycles. The summed E-state index contributed by atoms with van der Waals surface area (Å²) >= 11 is 0. The summed E-state index contributed by atoms with van der Waals surface area (Å²) in [6.07, 6.45) is 3.97. The Labute approximate surface area is 117 Å². The van der Waals surface area contributed by atoms with Crippen molar-refractivity contribution in [3.05, 3.63) is 29.8 Å². The number of nitrogens with one attached hydrogen (secondary N) is 1. The van der Waals surface area contributed by atoms with E-state index in [0.29, 0.717) is 12.1 Å². The first kappa shape index (κ1) is 14.4. The predicted octanol–water partition coefficient (Wildman–Crippen LogP) is 4.17. The van der Waals surface area contributed by atoms with Crippen LogP contribution in [0.3, 0.4) is 0 Å². The minimum atomic E-state index is 0.413. The molecule has 1 saturated carbocycles. The zero-order chi connectivity index (χ0) is 13.8. The highest BCUT2D eigenvalue weighted by Gasteiger charge is 2.25. The molecule has 1 aromatic carbocycles. The minimum absolute atomic E-state index is 0.413. The summed E-state index contributed by atoms with van der Waals surface area (Å²) in [5.74, 6) is 2.65. The lowest BCUT2D eigenvalue weighted by Crippen LogP contribution is -2.37. The molecule has 0 saturated heterocycles. The zero-order valence-corrected chi connectivity index (χ0v) is 12.6. The van der Waals surface area contributed by atoms with E-state index in [1.165, 1.54) is 24.8 Å². The van der Waals surface area contributed by atoms with Crippen molar-refractivity contribution in [3.8, 4) is 5.75 Å². The molecule has 0 amide bonds. The molecule has 4 atom stereocenters. The Balaban J connectivity index is 1.91. The fourth-order valence-corrected chi connectivity index (χ4v) is 3.04. The Hall–Kier alpha value is -1.02. The van der Waals surface area contributed by atoms with E-state index in [1.54, 1.807) is 7.11 Å². The monoisotopic (exact) mass is 261 g/mol. The second kappa shape index (κ2) is 6.42. The molecule has 1 aliphatic carbocycles. The van der Waals surface area contributed by atoms with E-state index >= 15 is 0 Å². The number of ether oxygens (including phenoxy) is 1. The van der Waals surface area contributed by atoms with Gasteiger partial charge in [0.05, 0.1) is 7.11 Å². The standard InChI is InChI=1S/C17H27NO/c1-12-5-8-16(11-13(12)2)18-14(3)15-6-9-17(19-4)10-7-15/h6-7,9-10,12-14,16,18H,5,8,11H2,1-4H3. The first-order chi connectivity index (χ1) is 9.10. The van der Waals surface area contributed by atoms with E-state index in [9.17, 15) is 0 Å². The van der Waals surface area contributed by atoms with Crippen molar-refractivity contribution in [1.29, 1.82) is 0 Å². The van der Waals surface area contributed by atoms with Crippen LogP contribution in [-0.4, -0.2) is 13.2 Å².